The van der Waals surface area contributed by atoms with E-state index in [4.69, 9.17) is 0 Å². The van der Waals surface area contributed by atoms with Crippen LogP contribution in [0.3, 0.4) is 0 Å². The Morgan fingerprint density at radius 3 is 2.24 bits per heavy atom. The average molecular weight is 291 g/mol. The molecule has 5 N–H and O–H groups in total. The topological polar surface area (TPSA) is 127 Å². The summed E-state index contributed by atoms with van der Waals surface area (Å²) in [4.78, 5) is 22.5. The van der Waals surface area contributed by atoms with E-state index in [2.05, 4.69) is 5.32 Å². The molecule has 0 radical (unpaired) electrons. The summed E-state index contributed by atoms with van der Waals surface area (Å²) in [6.45, 7) is 1.26. The summed E-state index contributed by atoms with van der Waals surface area (Å²) in [5, 5.41) is 41.1. The van der Waals surface area contributed by atoms with Gasteiger partial charge in [-0.15, -0.1) is 0 Å². The van der Waals surface area contributed by atoms with E-state index >= 15 is 0 Å². The van der Waals surface area contributed by atoms with Gasteiger partial charge in [-0.25, -0.2) is 0 Å². The van der Waals surface area contributed by atoms with Crippen molar-refractivity contribution >= 4 is 28.2 Å². The number of fused-ring (bicyclic) bond motifs is 1. The SMILES string of the molecule is CC(=O)CC(=O)Nc1cccc2c(O)c(O)c(O)c(O)c12. The Balaban J connectivity index is 2.61. The Kier molecular flexibility index (Phi) is 3.58. The zero-order valence-corrected chi connectivity index (χ0v) is 11.0. The third kappa shape index (κ3) is 2.53. The smallest absolute Gasteiger partial charge is 0.231 e. The lowest BCUT2D eigenvalue weighted by molar-refractivity contribution is -0.124. The van der Waals surface area contributed by atoms with Crippen LogP contribution in [0, 0.1) is 0 Å². The van der Waals surface area contributed by atoms with Crippen molar-refractivity contribution in [3.8, 4) is 23.0 Å². The number of hydrogen-bond acceptors (Lipinski definition) is 6. The molecule has 2 aromatic rings. The molecule has 0 heterocycles. The third-order valence-electron chi connectivity index (χ3n) is 2.91. The second kappa shape index (κ2) is 5.20. The fraction of sp³-hybridized carbons (Fsp3) is 0.143. The van der Waals surface area contributed by atoms with Crippen LogP contribution in [0.1, 0.15) is 13.3 Å². The Bertz CT molecular complexity index is 753. The molecule has 0 saturated carbocycles. The van der Waals surface area contributed by atoms with Crippen LogP contribution in [-0.4, -0.2) is 32.1 Å². The number of amides is 1. The summed E-state index contributed by atoms with van der Waals surface area (Å²) in [5.41, 5.74) is 0.0989. The van der Waals surface area contributed by atoms with Crippen molar-refractivity contribution in [3.05, 3.63) is 18.2 Å². The molecular weight excluding hydrogens is 278 g/mol. The van der Waals surface area contributed by atoms with Crippen molar-refractivity contribution in [2.45, 2.75) is 13.3 Å². The Hall–Kier alpha value is -2.96. The summed E-state index contributed by atoms with van der Waals surface area (Å²) in [6.07, 6.45) is -0.340. The summed E-state index contributed by atoms with van der Waals surface area (Å²) in [6, 6.07) is 4.29. The van der Waals surface area contributed by atoms with Crippen LogP contribution in [-0.2, 0) is 9.59 Å². The summed E-state index contributed by atoms with van der Waals surface area (Å²) < 4.78 is 0. The second-order valence-corrected chi connectivity index (χ2v) is 4.55. The van der Waals surface area contributed by atoms with Crippen LogP contribution in [0.2, 0.25) is 0 Å². The molecule has 1 amide bonds. The molecule has 110 valence electrons. The van der Waals surface area contributed by atoms with E-state index in [1.807, 2.05) is 0 Å². The molecule has 0 aliphatic carbocycles. The van der Waals surface area contributed by atoms with Gasteiger partial charge in [-0.3, -0.25) is 9.59 Å². The number of rotatable bonds is 3. The Morgan fingerprint density at radius 2 is 1.62 bits per heavy atom. The van der Waals surface area contributed by atoms with Gasteiger partial charge >= 0.3 is 0 Å². The number of phenols is 4. The molecule has 7 heteroatoms. The summed E-state index contributed by atoms with van der Waals surface area (Å²) >= 11 is 0. The standard InChI is InChI=1S/C14H13NO6/c1-6(16)5-9(17)15-8-4-2-3-7-10(8)12(19)14(21)13(20)11(7)18/h2-4,18-21H,5H2,1H3,(H,15,17). The molecule has 0 saturated heterocycles. The van der Waals surface area contributed by atoms with Gasteiger partial charge in [-0.05, 0) is 13.0 Å². The van der Waals surface area contributed by atoms with E-state index in [0.717, 1.165) is 0 Å². The molecular formula is C14H13NO6. The van der Waals surface area contributed by atoms with E-state index in [9.17, 15) is 30.0 Å². The largest absolute Gasteiger partial charge is 0.504 e. The minimum absolute atomic E-state index is 0.0396. The maximum absolute atomic E-state index is 11.6. The van der Waals surface area contributed by atoms with Gasteiger partial charge in [0, 0.05) is 5.39 Å². The van der Waals surface area contributed by atoms with Crippen molar-refractivity contribution in [2.24, 2.45) is 0 Å². The minimum atomic E-state index is -0.895. The number of ketones is 1. The third-order valence-corrected chi connectivity index (χ3v) is 2.91. The fourth-order valence-corrected chi connectivity index (χ4v) is 2.00. The number of benzene rings is 2. The van der Waals surface area contributed by atoms with E-state index in [1.54, 1.807) is 0 Å². The number of carbonyl (C=O) groups is 2. The van der Waals surface area contributed by atoms with Gasteiger partial charge in [0.05, 0.1) is 17.5 Å². The van der Waals surface area contributed by atoms with Crippen LogP contribution in [0.25, 0.3) is 10.8 Å². The molecule has 0 fully saturated rings. The van der Waals surface area contributed by atoms with Gasteiger partial charge in [0.1, 0.15) is 5.78 Å². The van der Waals surface area contributed by atoms with Gasteiger partial charge in [0.15, 0.2) is 11.5 Å². The van der Waals surface area contributed by atoms with Gasteiger partial charge in [0.25, 0.3) is 0 Å². The van der Waals surface area contributed by atoms with Crippen molar-refractivity contribution in [2.75, 3.05) is 5.32 Å². The van der Waals surface area contributed by atoms with Gasteiger partial charge in [-0.2, -0.15) is 0 Å². The normalized spacial score (nSPS) is 10.5. The van der Waals surface area contributed by atoms with E-state index in [0.29, 0.717) is 0 Å². The first-order chi connectivity index (χ1) is 9.82. The van der Waals surface area contributed by atoms with Crippen LogP contribution in [0.5, 0.6) is 23.0 Å². The van der Waals surface area contributed by atoms with Crippen LogP contribution >= 0.6 is 0 Å². The predicted octanol–water partition coefficient (Wildman–Crippen LogP) is 1.58. The highest BCUT2D eigenvalue weighted by Crippen LogP contribution is 2.50. The fourth-order valence-electron chi connectivity index (χ4n) is 2.00. The molecule has 0 bridgehead atoms. The highest BCUT2D eigenvalue weighted by Gasteiger charge is 2.20. The average Bonchev–Trinajstić information content (AvgIpc) is 2.41. The molecule has 7 nitrogen and oxygen atoms in total. The first-order valence-electron chi connectivity index (χ1n) is 6.00. The lowest BCUT2D eigenvalue weighted by Gasteiger charge is -2.13. The van der Waals surface area contributed by atoms with Crippen molar-refractivity contribution in [3.63, 3.8) is 0 Å². The van der Waals surface area contributed by atoms with Gasteiger partial charge < -0.3 is 25.7 Å². The lowest BCUT2D eigenvalue weighted by atomic mass is 10.0. The van der Waals surface area contributed by atoms with Crippen molar-refractivity contribution < 1.29 is 30.0 Å². The number of nitrogens with one attached hydrogen (secondary N) is 1. The van der Waals surface area contributed by atoms with Gasteiger partial charge in [0.2, 0.25) is 17.4 Å². The van der Waals surface area contributed by atoms with Crippen molar-refractivity contribution in [1.29, 1.82) is 0 Å². The maximum Gasteiger partial charge on any atom is 0.231 e. The zero-order chi connectivity index (χ0) is 15.7. The van der Waals surface area contributed by atoms with E-state index < -0.39 is 28.9 Å². The van der Waals surface area contributed by atoms with Crippen molar-refractivity contribution in [1.82, 2.24) is 0 Å². The molecule has 0 unspecified atom stereocenters. The molecule has 2 aromatic carbocycles. The highest BCUT2D eigenvalue weighted by molar-refractivity contribution is 6.11. The molecule has 21 heavy (non-hydrogen) atoms. The molecule has 0 spiro atoms. The number of phenolic OH excluding ortho intramolecular Hbond substituents is 4. The first kappa shape index (κ1) is 14.4. The zero-order valence-electron chi connectivity index (χ0n) is 11.0. The number of carbonyl (C=O) groups excluding carboxylic acids is 2. The summed E-state index contributed by atoms with van der Waals surface area (Å²) in [5.74, 6) is -3.98. The Morgan fingerprint density at radius 1 is 1.00 bits per heavy atom. The molecule has 0 aliphatic heterocycles. The van der Waals surface area contributed by atoms with E-state index in [1.165, 1.54) is 25.1 Å². The number of aromatic hydroxyl groups is 4. The Labute approximate surface area is 119 Å². The second-order valence-electron chi connectivity index (χ2n) is 4.55. The van der Waals surface area contributed by atoms with Crippen LogP contribution < -0.4 is 5.32 Å². The number of hydrogen-bond donors (Lipinski definition) is 5. The first-order valence-corrected chi connectivity index (χ1v) is 6.00. The maximum atomic E-state index is 11.6. The van der Waals surface area contributed by atoms with Crippen LogP contribution in [0.4, 0.5) is 5.69 Å². The number of anilines is 1. The number of Topliss-reactive ketones (excluding diaryl/α,β-unsaturated/α-hetero) is 1. The minimum Gasteiger partial charge on any atom is -0.504 e. The van der Waals surface area contributed by atoms with E-state index in [-0.39, 0.29) is 28.7 Å². The molecule has 0 aromatic heterocycles. The molecule has 0 aliphatic rings. The summed E-state index contributed by atoms with van der Waals surface area (Å²) in [7, 11) is 0. The molecule has 2 rings (SSSR count). The monoisotopic (exact) mass is 291 g/mol. The van der Waals surface area contributed by atoms with Crippen LogP contribution in [0.15, 0.2) is 18.2 Å². The lowest BCUT2D eigenvalue weighted by Crippen LogP contribution is -2.14. The highest BCUT2D eigenvalue weighted by atomic mass is 16.3. The predicted molar refractivity (Wildman–Crippen MR) is 74.5 cm³/mol. The quantitative estimate of drug-likeness (QED) is 0.332. The van der Waals surface area contributed by atoms with Gasteiger partial charge in [-0.1, -0.05) is 12.1 Å². The molecule has 0 atom stereocenters.